The molecule has 4 aromatic rings. The molecule has 0 aliphatic carbocycles. The van der Waals surface area contributed by atoms with Crippen LogP contribution in [0.15, 0.2) is 42.7 Å². The number of anilines is 4. The van der Waals surface area contributed by atoms with E-state index in [-0.39, 0.29) is 0 Å². The number of nitrogens with one attached hydrogen (secondary N) is 1. The summed E-state index contributed by atoms with van der Waals surface area (Å²) < 4.78 is 8.05. The average molecular weight is 532 g/mol. The van der Waals surface area contributed by atoms with Crippen molar-refractivity contribution in [2.75, 3.05) is 56.3 Å². The number of likely N-dealkylation sites (tertiary alicyclic amines) is 1. The van der Waals surface area contributed by atoms with Crippen molar-refractivity contribution in [2.24, 2.45) is 0 Å². The van der Waals surface area contributed by atoms with Crippen molar-refractivity contribution >= 4 is 45.5 Å². The fourth-order valence-corrected chi connectivity index (χ4v) is 5.98. The van der Waals surface area contributed by atoms with Gasteiger partial charge in [-0.15, -0.1) is 0 Å². The number of ether oxygens (including phenoxy) is 1. The maximum Gasteiger partial charge on any atom is 0.227 e. The summed E-state index contributed by atoms with van der Waals surface area (Å²) >= 11 is 6.64. The third-order valence-corrected chi connectivity index (χ3v) is 8.06. The van der Waals surface area contributed by atoms with E-state index in [0.717, 1.165) is 49.1 Å². The van der Waals surface area contributed by atoms with Crippen LogP contribution >= 0.6 is 11.6 Å². The van der Waals surface area contributed by atoms with E-state index in [0.29, 0.717) is 33.8 Å². The number of likely N-dealkylation sites (N-methyl/N-ethyl adjacent to an activating group) is 1. The maximum atomic E-state index is 6.64. The molecule has 0 amide bonds. The third kappa shape index (κ3) is 4.63. The Balaban J connectivity index is 1.28. The highest BCUT2D eigenvalue weighted by atomic mass is 35.5. The molecule has 2 aliphatic rings. The first-order valence-electron chi connectivity index (χ1n) is 13.3. The zero-order chi connectivity index (χ0) is 26.2. The van der Waals surface area contributed by atoms with Crippen LogP contribution < -0.4 is 20.7 Å². The molecule has 0 saturated carbocycles. The standard InChI is InChI=1S/C29H34ClN7O/c1-35(13-14-36-10-3-4-11-36)25-16-26(38-2)24(15-23(25)31)33-29-32-17-22(30)27(34-29)21-18-37-12-6-8-19-7-5-9-20(21)28(19)37/h5,7,9,15-18H,3-4,6,8,10-14,31H2,1-2H3,(H,32,33,34). The van der Waals surface area contributed by atoms with Crippen LogP contribution in [0.4, 0.5) is 23.0 Å². The number of nitrogens with zero attached hydrogens (tertiary/aromatic N) is 5. The zero-order valence-corrected chi connectivity index (χ0v) is 22.8. The van der Waals surface area contributed by atoms with Gasteiger partial charge in [0.05, 0.1) is 46.6 Å². The molecule has 1 saturated heterocycles. The van der Waals surface area contributed by atoms with E-state index in [9.17, 15) is 0 Å². The summed E-state index contributed by atoms with van der Waals surface area (Å²) in [7, 11) is 3.73. The third-order valence-electron chi connectivity index (χ3n) is 7.78. The summed E-state index contributed by atoms with van der Waals surface area (Å²) in [5.74, 6) is 1.11. The van der Waals surface area contributed by atoms with Crippen LogP contribution in [0.1, 0.15) is 24.8 Å². The van der Waals surface area contributed by atoms with Crippen molar-refractivity contribution < 1.29 is 4.74 Å². The second-order valence-electron chi connectivity index (χ2n) is 10.2. The molecule has 0 radical (unpaired) electrons. The zero-order valence-electron chi connectivity index (χ0n) is 22.0. The number of hydrogen-bond acceptors (Lipinski definition) is 7. The summed E-state index contributed by atoms with van der Waals surface area (Å²) in [4.78, 5) is 14.0. The predicted molar refractivity (Wildman–Crippen MR) is 156 cm³/mol. The summed E-state index contributed by atoms with van der Waals surface area (Å²) in [6.45, 7) is 5.29. The molecule has 4 heterocycles. The first kappa shape index (κ1) is 24.8. The SMILES string of the molecule is COc1cc(N(C)CCN2CCCC2)c(N)cc1Nc1ncc(Cl)c(-c2cn3c4c(cccc24)CCC3)n1. The fourth-order valence-electron chi connectivity index (χ4n) is 5.78. The molecular weight excluding hydrogens is 498 g/mol. The van der Waals surface area contributed by atoms with Crippen molar-refractivity contribution in [1.29, 1.82) is 0 Å². The lowest BCUT2D eigenvalue weighted by Gasteiger charge is -2.25. The Kier molecular flexibility index (Phi) is 6.76. The number of halogens is 1. The molecule has 0 bridgehead atoms. The van der Waals surface area contributed by atoms with Gasteiger partial charge >= 0.3 is 0 Å². The molecule has 0 spiro atoms. The first-order chi connectivity index (χ1) is 18.5. The van der Waals surface area contributed by atoms with Crippen molar-refractivity contribution in [3.63, 3.8) is 0 Å². The molecular formula is C29H34ClN7O. The number of benzene rings is 2. The largest absolute Gasteiger partial charge is 0.494 e. The quantitative estimate of drug-likeness (QED) is 0.288. The van der Waals surface area contributed by atoms with Gasteiger partial charge in [-0.1, -0.05) is 29.8 Å². The number of nitrogens with two attached hydrogens (primary N) is 1. The smallest absolute Gasteiger partial charge is 0.227 e. The molecule has 0 atom stereocenters. The maximum absolute atomic E-state index is 6.64. The lowest BCUT2D eigenvalue weighted by molar-refractivity contribution is 0.346. The van der Waals surface area contributed by atoms with Gasteiger partial charge in [0, 0.05) is 49.9 Å². The highest BCUT2D eigenvalue weighted by molar-refractivity contribution is 6.33. The van der Waals surface area contributed by atoms with Gasteiger partial charge in [0.15, 0.2) is 0 Å². The molecule has 8 nitrogen and oxygen atoms in total. The second-order valence-corrected chi connectivity index (χ2v) is 10.7. The van der Waals surface area contributed by atoms with Crippen LogP contribution in [-0.4, -0.2) is 59.8 Å². The Morgan fingerprint density at radius 2 is 2.00 bits per heavy atom. The molecule has 0 unspecified atom stereocenters. The van der Waals surface area contributed by atoms with Crippen molar-refractivity contribution in [3.05, 3.63) is 53.3 Å². The van der Waals surface area contributed by atoms with Crippen LogP contribution in [0, 0.1) is 0 Å². The number of nitrogen functional groups attached to an aromatic ring is 1. The lowest BCUT2D eigenvalue weighted by atomic mass is 10.0. The highest BCUT2D eigenvalue weighted by Gasteiger charge is 2.21. The Hall–Kier alpha value is -3.49. The molecule has 1 fully saturated rings. The highest BCUT2D eigenvalue weighted by Crippen LogP contribution is 2.39. The molecule has 38 heavy (non-hydrogen) atoms. The van der Waals surface area contributed by atoms with Gasteiger partial charge in [0.1, 0.15) is 5.75 Å². The van der Waals surface area contributed by atoms with E-state index in [1.165, 1.54) is 37.0 Å². The number of aryl methyl sites for hydroxylation is 2. The van der Waals surface area contributed by atoms with E-state index >= 15 is 0 Å². The topological polar surface area (TPSA) is 84.5 Å². The minimum absolute atomic E-state index is 0.434. The van der Waals surface area contributed by atoms with Crippen molar-refractivity contribution in [2.45, 2.75) is 32.2 Å². The van der Waals surface area contributed by atoms with Gasteiger partial charge in [-0.05, 0) is 50.4 Å². The Bertz CT molecular complexity index is 1480. The Morgan fingerprint density at radius 3 is 2.82 bits per heavy atom. The lowest BCUT2D eigenvalue weighted by Crippen LogP contribution is -2.31. The molecule has 6 rings (SSSR count). The van der Waals surface area contributed by atoms with Gasteiger partial charge in [0.2, 0.25) is 5.95 Å². The normalized spacial score (nSPS) is 15.2. The second kappa shape index (κ2) is 10.3. The monoisotopic (exact) mass is 531 g/mol. The van der Waals surface area contributed by atoms with E-state index in [1.54, 1.807) is 13.3 Å². The van der Waals surface area contributed by atoms with E-state index in [4.69, 9.17) is 27.1 Å². The van der Waals surface area contributed by atoms with Crippen LogP contribution in [0.5, 0.6) is 5.75 Å². The van der Waals surface area contributed by atoms with Crippen molar-refractivity contribution in [3.8, 4) is 17.0 Å². The molecule has 198 valence electrons. The van der Waals surface area contributed by atoms with Gasteiger partial charge in [0.25, 0.3) is 0 Å². The fraction of sp³-hybridized carbons (Fsp3) is 0.379. The molecule has 2 aliphatic heterocycles. The van der Waals surface area contributed by atoms with E-state index < -0.39 is 0 Å². The number of methoxy groups -OCH3 is 1. The first-order valence-corrected chi connectivity index (χ1v) is 13.7. The number of hydrogen-bond donors (Lipinski definition) is 2. The molecule has 9 heteroatoms. The minimum atomic E-state index is 0.434. The van der Waals surface area contributed by atoms with Crippen molar-refractivity contribution in [1.82, 2.24) is 19.4 Å². The minimum Gasteiger partial charge on any atom is -0.494 e. The molecule has 3 N–H and O–H groups in total. The number of rotatable bonds is 8. The van der Waals surface area contributed by atoms with Gasteiger partial charge in [-0.2, -0.15) is 0 Å². The Labute approximate surface area is 228 Å². The average Bonchev–Trinajstić information content (AvgIpc) is 3.58. The van der Waals surface area contributed by atoms with Crippen LogP contribution in [-0.2, 0) is 13.0 Å². The summed E-state index contributed by atoms with van der Waals surface area (Å²) in [6, 6.07) is 10.3. The summed E-state index contributed by atoms with van der Waals surface area (Å²) in [5, 5.41) is 5.00. The van der Waals surface area contributed by atoms with E-state index in [2.05, 4.69) is 56.1 Å². The van der Waals surface area contributed by atoms with Gasteiger partial charge in [-0.25, -0.2) is 9.97 Å². The predicted octanol–water partition coefficient (Wildman–Crippen LogP) is 5.56. The molecule has 2 aromatic heterocycles. The van der Waals surface area contributed by atoms with E-state index in [1.807, 2.05) is 12.1 Å². The van der Waals surface area contributed by atoms with Gasteiger partial charge < -0.3 is 30.2 Å². The number of aromatic nitrogens is 3. The number of para-hydroxylation sites is 1. The summed E-state index contributed by atoms with van der Waals surface area (Å²) in [5.41, 5.74) is 13.2. The molecule has 2 aromatic carbocycles. The van der Waals surface area contributed by atoms with Gasteiger partial charge in [-0.3, -0.25) is 0 Å². The Morgan fingerprint density at radius 1 is 1.16 bits per heavy atom. The van der Waals surface area contributed by atoms with Crippen LogP contribution in [0.3, 0.4) is 0 Å². The summed E-state index contributed by atoms with van der Waals surface area (Å²) in [6.07, 6.45) is 8.62. The van der Waals surface area contributed by atoms with Crippen LogP contribution in [0.2, 0.25) is 5.02 Å². The van der Waals surface area contributed by atoms with Crippen LogP contribution in [0.25, 0.3) is 22.2 Å².